The number of urea groups is 1. The Morgan fingerprint density at radius 2 is 1.68 bits per heavy atom. The summed E-state index contributed by atoms with van der Waals surface area (Å²) in [4.78, 5) is 32.9. The van der Waals surface area contributed by atoms with Crippen LogP contribution in [0.25, 0.3) is 11.1 Å². The van der Waals surface area contributed by atoms with Gasteiger partial charge < -0.3 is 14.4 Å². The van der Waals surface area contributed by atoms with E-state index in [1.54, 1.807) is 30.5 Å². The molecule has 0 saturated carbocycles. The molecule has 0 unspecified atom stereocenters. The highest BCUT2D eigenvalue weighted by Gasteiger charge is 2.57. The average Bonchev–Trinajstić information content (AvgIpc) is 3.53. The number of methoxy groups -OCH3 is 2. The Kier molecular flexibility index (Phi) is 7.60. The van der Waals surface area contributed by atoms with Crippen molar-refractivity contribution in [2.75, 3.05) is 40.5 Å². The van der Waals surface area contributed by atoms with E-state index >= 15 is 0 Å². The highest BCUT2D eigenvalue weighted by Crippen LogP contribution is 2.38. The number of nitrogens with zero attached hydrogens (tertiary/aromatic N) is 3. The normalized spacial score (nSPS) is 17.7. The summed E-state index contributed by atoms with van der Waals surface area (Å²) in [6, 6.07) is 18.1. The number of amides is 3. The van der Waals surface area contributed by atoms with Crippen molar-refractivity contribution >= 4 is 23.3 Å². The second-order valence-electron chi connectivity index (χ2n) is 9.69. The summed E-state index contributed by atoms with van der Waals surface area (Å²) in [5.41, 5.74) is 3.77. The van der Waals surface area contributed by atoms with Crippen LogP contribution in [0.15, 0.2) is 65.4 Å². The molecule has 194 valence electrons. The van der Waals surface area contributed by atoms with E-state index in [-0.39, 0.29) is 18.5 Å². The van der Waals surface area contributed by atoms with Crippen LogP contribution in [0.2, 0.25) is 0 Å². The molecule has 3 aromatic rings. The van der Waals surface area contributed by atoms with Crippen LogP contribution in [0.3, 0.4) is 0 Å². The zero-order chi connectivity index (χ0) is 25.8. The lowest BCUT2D eigenvalue weighted by Crippen LogP contribution is -2.57. The molecule has 2 fully saturated rings. The van der Waals surface area contributed by atoms with Crippen molar-refractivity contribution in [3.05, 3.63) is 76.5 Å². The van der Waals surface area contributed by atoms with E-state index in [1.807, 2.05) is 24.3 Å². The monoisotopic (exact) mass is 519 g/mol. The van der Waals surface area contributed by atoms with Gasteiger partial charge in [-0.3, -0.25) is 14.6 Å². The number of carbonyl (C=O) groups is 2. The van der Waals surface area contributed by atoms with E-state index in [9.17, 15) is 9.59 Å². The SMILES string of the molecule is COCCN1C(=O)N(Cc2cccc(OC)c2)C(=O)C12CCN(Cc1cccc(-c3ccsc3)c1)CC2. The van der Waals surface area contributed by atoms with Gasteiger partial charge in [0, 0.05) is 33.3 Å². The minimum absolute atomic E-state index is 0.101. The quantitative estimate of drug-likeness (QED) is 0.378. The average molecular weight is 520 g/mol. The maximum absolute atomic E-state index is 13.8. The van der Waals surface area contributed by atoms with Crippen molar-refractivity contribution in [1.29, 1.82) is 0 Å². The van der Waals surface area contributed by atoms with Crippen molar-refractivity contribution in [3.8, 4) is 16.9 Å². The zero-order valence-electron chi connectivity index (χ0n) is 21.4. The molecule has 2 aliphatic rings. The molecule has 1 aromatic heterocycles. The second kappa shape index (κ2) is 11.0. The van der Waals surface area contributed by atoms with Gasteiger partial charge in [0.1, 0.15) is 11.3 Å². The number of piperidine rings is 1. The summed E-state index contributed by atoms with van der Waals surface area (Å²) in [7, 11) is 3.23. The van der Waals surface area contributed by atoms with Gasteiger partial charge in [0.15, 0.2) is 0 Å². The molecule has 0 N–H and O–H groups in total. The molecule has 0 atom stereocenters. The Bertz CT molecular complexity index is 1240. The first-order valence-electron chi connectivity index (χ1n) is 12.6. The minimum Gasteiger partial charge on any atom is -0.497 e. The molecule has 7 nitrogen and oxygen atoms in total. The Morgan fingerprint density at radius 3 is 2.38 bits per heavy atom. The third-order valence-corrected chi connectivity index (χ3v) is 8.17. The number of likely N-dealkylation sites (tertiary alicyclic amines) is 1. The van der Waals surface area contributed by atoms with Gasteiger partial charge in [-0.05, 0) is 70.1 Å². The fraction of sp³-hybridized carbons (Fsp3) is 0.379. The Balaban J connectivity index is 1.30. The smallest absolute Gasteiger partial charge is 0.328 e. The molecule has 0 aliphatic carbocycles. The fourth-order valence-electron chi connectivity index (χ4n) is 5.47. The van der Waals surface area contributed by atoms with E-state index < -0.39 is 5.54 Å². The third kappa shape index (κ3) is 5.14. The molecule has 3 heterocycles. The first-order chi connectivity index (χ1) is 18.0. The third-order valence-electron chi connectivity index (χ3n) is 7.49. The predicted octanol–water partition coefficient (Wildman–Crippen LogP) is 4.87. The molecule has 5 rings (SSSR count). The van der Waals surface area contributed by atoms with Crippen LogP contribution >= 0.6 is 11.3 Å². The largest absolute Gasteiger partial charge is 0.497 e. The van der Waals surface area contributed by atoms with Gasteiger partial charge in [0.05, 0.1) is 20.3 Å². The molecule has 3 amide bonds. The molecule has 0 bridgehead atoms. The maximum Gasteiger partial charge on any atom is 0.328 e. The number of ether oxygens (including phenoxy) is 2. The number of carbonyl (C=O) groups excluding carboxylic acids is 2. The standard InChI is InChI=1S/C29H33N3O4S/c1-35-15-14-32-28(34)31(20-23-6-4-8-26(18-23)36-2)27(33)29(32)10-12-30(13-11-29)19-22-5-3-7-24(17-22)25-9-16-37-21-25/h3-9,16-18,21H,10-15,19-20H2,1-2H3. The summed E-state index contributed by atoms with van der Waals surface area (Å²) in [5, 5.41) is 4.26. The van der Waals surface area contributed by atoms with Gasteiger partial charge in [0.2, 0.25) is 0 Å². The van der Waals surface area contributed by atoms with Crippen LogP contribution in [0.4, 0.5) is 4.79 Å². The molecular formula is C29H33N3O4S. The summed E-state index contributed by atoms with van der Waals surface area (Å²) < 4.78 is 10.6. The highest BCUT2D eigenvalue weighted by molar-refractivity contribution is 7.08. The summed E-state index contributed by atoms with van der Waals surface area (Å²) in [5.74, 6) is 0.606. The summed E-state index contributed by atoms with van der Waals surface area (Å²) >= 11 is 1.70. The molecule has 2 aliphatic heterocycles. The number of hydrogen-bond donors (Lipinski definition) is 0. The molecule has 37 heavy (non-hydrogen) atoms. The van der Waals surface area contributed by atoms with Crippen LogP contribution in [-0.2, 0) is 22.6 Å². The van der Waals surface area contributed by atoms with Crippen LogP contribution in [0, 0.1) is 0 Å². The van der Waals surface area contributed by atoms with E-state index in [0.717, 1.165) is 25.2 Å². The Hall–Kier alpha value is -3.20. The highest BCUT2D eigenvalue weighted by atomic mass is 32.1. The van der Waals surface area contributed by atoms with Crippen molar-refractivity contribution in [2.24, 2.45) is 0 Å². The van der Waals surface area contributed by atoms with Gasteiger partial charge in [-0.2, -0.15) is 11.3 Å². The van der Waals surface area contributed by atoms with E-state index in [1.165, 1.54) is 21.6 Å². The number of thiophene rings is 1. The lowest BCUT2D eigenvalue weighted by Gasteiger charge is -2.42. The van der Waals surface area contributed by atoms with E-state index in [2.05, 4.69) is 46.0 Å². The van der Waals surface area contributed by atoms with Gasteiger partial charge in [-0.15, -0.1) is 0 Å². The topological polar surface area (TPSA) is 62.3 Å². The zero-order valence-corrected chi connectivity index (χ0v) is 22.2. The molecule has 2 saturated heterocycles. The summed E-state index contributed by atoms with van der Waals surface area (Å²) in [6.07, 6.45) is 1.22. The Labute approximate surface area is 222 Å². The lowest BCUT2D eigenvalue weighted by atomic mass is 9.85. The molecule has 1 spiro atoms. The van der Waals surface area contributed by atoms with Crippen LogP contribution in [-0.4, -0.2) is 72.6 Å². The predicted molar refractivity (Wildman–Crippen MR) is 145 cm³/mol. The molecule has 0 radical (unpaired) electrons. The van der Waals surface area contributed by atoms with Crippen molar-refractivity contribution in [1.82, 2.24) is 14.7 Å². The van der Waals surface area contributed by atoms with Crippen molar-refractivity contribution < 1.29 is 19.1 Å². The first kappa shape index (κ1) is 25.4. The van der Waals surface area contributed by atoms with E-state index in [0.29, 0.717) is 31.7 Å². The van der Waals surface area contributed by atoms with Crippen molar-refractivity contribution in [3.63, 3.8) is 0 Å². The molecule has 2 aromatic carbocycles. The maximum atomic E-state index is 13.8. The first-order valence-corrected chi connectivity index (χ1v) is 13.6. The Morgan fingerprint density at radius 1 is 0.919 bits per heavy atom. The van der Waals surface area contributed by atoms with Crippen LogP contribution in [0.1, 0.15) is 24.0 Å². The van der Waals surface area contributed by atoms with Gasteiger partial charge in [-0.1, -0.05) is 30.3 Å². The second-order valence-corrected chi connectivity index (χ2v) is 10.5. The van der Waals surface area contributed by atoms with Crippen molar-refractivity contribution in [2.45, 2.75) is 31.5 Å². The van der Waals surface area contributed by atoms with Gasteiger partial charge in [-0.25, -0.2) is 4.79 Å². The molecule has 8 heteroatoms. The number of imide groups is 1. The van der Waals surface area contributed by atoms with Gasteiger partial charge >= 0.3 is 6.03 Å². The number of rotatable bonds is 9. The van der Waals surface area contributed by atoms with Crippen LogP contribution < -0.4 is 4.74 Å². The summed E-state index contributed by atoms with van der Waals surface area (Å²) in [6.45, 7) is 3.35. The number of benzene rings is 2. The lowest BCUT2D eigenvalue weighted by molar-refractivity contribution is -0.136. The van der Waals surface area contributed by atoms with E-state index in [4.69, 9.17) is 9.47 Å². The van der Waals surface area contributed by atoms with Gasteiger partial charge in [0.25, 0.3) is 5.91 Å². The minimum atomic E-state index is -0.816. The van der Waals surface area contributed by atoms with Crippen LogP contribution in [0.5, 0.6) is 5.75 Å². The fourth-order valence-corrected chi connectivity index (χ4v) is 6.13. The molecular weight excluding hydrogens is 486 g/mol. The number of hydrogen-bond acceptors (Lipinski definition) is 6.